The number of likely N-dealkylation sites (tertiary alicyclic amines) is 1. The zero-order valence-corrected chi connectivity index (χ0v) is 14.3. The monoisotopic (exact) mass is 268 g/mol. The molecule has 0 bridgehead atoms. The molecule has 0 aromatic carbocycles. The summed E-state index contributed by atoms with van der Waals surface area (Å²) >= 11 is 0. The second kappa shape index (κ2) is 6.58. The molecule has 114 valence electrons. The van der Waals surface area contributed by atoms with Crippen LogP contribution in [0.1, 0.15) is 67.7 Å². The van der Waals surface area contributed by atoms with E-state index in [2.05, 4.69) is 58.7 Å². The molecule has 3 atom stereocenters. The van der Waals surface area contributed by atoms with E-state index in [1.165, 1.54) is 32.4 Å². The molecule has 1 rings (SSSR count). The number of hydrogen-bond acceptors (Lipinski definition) is 2. The summed E-state index contributed by atoms with van der Waals surface area (Å²) in [6.07, 6.45) is 3.98. The zero-order valence-electron chi connectivity index (χ0n) is 14.3. The van der Waals surface area contributed by atoms with Crippen molar-refractivity contribution in [3.63, 3.8) is 0 Å². The van der Waals surface area contributed by atoms with E-state index in [9.17, 15) is 0 Å². The van der Waals surface area contributed by atoms with Crippen LogP contribution in [0.5, 0.6) is 0 Å². The Kier molecular flexibility index (Phi) is 5.88. The van der Waals surface area contributed by atoms with E-state index in [1.54, 1.807) is 0 Å². The minimum atomic E-state index is 0.221. The van der Waals surface area contributed by atoms with Crippen molar-refractivity contribution in [3.8, 4) is 0 Å². The topological polar surface area (TPSA) is 15.3 Å². The first-order chi connectivity index (χ1) is 8.65. The molecule has 19 heavy (non-hydrogen) atoms. The highest BCUT2D eigenvalue weighted by molar-refractivity contribution is 4.86. The predicted octanol–water partition coefficient (Wildman–Crippen LogP) is 3.91. The van der Waals surface area contributed by atoms with Gasteiger partial charge in [-0.15, -0.1) is 0 Å². The number of rotatable bonds is 5. The van der Waals surface area contributed by atoms with Crippen LogP contribution in [0.3, 0.4) is 0 Å². The molecule has 1 aliphatic heterocycles. The molecule has 1 aliphatic rings. The van der Waals surface area contributed by atoms with Gasteiger partial charge in [-0.25, -0.2) is 0 Å². The number of nitrogens with one attached hydrogen (secondary N) is 1. The first-order valence-electron chi connectivity index (χ1n) is 8.14. The number of piperidine rings is 1. The van der Waals surface area contributed by atoms with Crippen LogP contribution in [-0.2, 0) is 0 Å². The Morgan fingerprint density at radius 3 is 2.26 bits per heavy atom. The predicted molar refractivity (Wildman–Crippen MR) is 85.6 cm³/mol. The molecule has 0 aliphatic carbocycles. The van der Waals surface area contributed by atoms with Gasteiger partial charge in [-0.05, 0) is 64.8 Å². The second-order valence-electron chi connectivity index (χ2n) is 8.22. The molecule has 1 fully saturated rings. The van der Waals surface area contributed by atoms with Crippen molar-refractivity contribution in [2.75, 3.05) is 19.6 Å². The number of nitrogens with zero attached hydrogens (tertiary/aromatic N) is 1. The lowest BCUT2D eigenvalue weighted by Gasteiger charge is -2.43. The summed E-state index contributed by atoms with van der Waals surface area (Å²) in [5.74, 6) is 0.909. The van der Waals surface area contributed by atoms with E-state index < -0.39 is 0 Å². The molecule has 1 N–H and O–H groups in total. The third kappa shape index (κ3) is 5.83. The minimum absolute atomic E-state index is 0.221. The fourth-order valence-electron chi connectivity index (χ4n) is 2.95. The summed E-state index contributed by atoms with van der Waals surface area (Å²) in [6.45, 7) is 20.0. The van der Waals surface area contributed by atoms with Gasteiger partial charge in [0.25, 0.3) is 0 Å². The minimum Gasteiger partial charge on any atom is -0.311 e. The molecule has 0 radical (unpaired) electrons. The third-order valence-electron chi connectivity index (χ3n) is 4.76. The van der Waals surface area contributed by atoms with Gasteiger partial charge in [0.1, 0.15) is 0 Å². The maximum atomic E-state index is 3.70. The lowest BCUT2D eigenvalue weighted by molar-refractivity contribution is 0.0719. The Hall–Kier alpha value is -0.0800. The molecule has 2 heteroatoms. The van der Waals surface area contributed by atoms with E-state index in [0.29, 0.717) is 5.41 Å². The quantitative estimate of drug-likeness (QED) is 0.813. The van der Waals surface area contributed by atoms with Crippen molar-refractivity contribution in [3.05, 3.63) is 0 Å². The van der Waals surface area contributed by atoms with E-state index in [0.717, 1.165) is 18.5 Å². The van der Waals surface area contributed by atoms with E-state index in [1.807, 2.05) is 0 Å². The Balaban J connectivity index is 2.54. The van der Waals surface area contributed by atoms with Gasteiger partial charge in [-0.3, -0.25) is 0 Å². The highest BCUT2D eigenvalue weighted by Gasteiger charge is 2.31. The van der Waals surface area contributed by atoms with Gasteiger partial charge in [0.2, 0.25) is 0 Å². The van der Waals surface area contributed by atoms with Gasteiger partial charge in [-0.1, -0.05) is 20.8 Å². The molecule has 0 aromatic rings. The Bertz CT molecular complexity index is 269. The molecule has 0 spiro atoms. The zero-order chi connectivity index (χ0) is 14.7. The standard InChI is InChI=1S/C17H36N2/c1-8-17(7,12-18-16(4,5)6)13-19-10-9-14(2)11-15(19)3/h14-15,18H,8-13H2,1-7H3. The molecule has 0 saturated carbocycles. The van der Waals surface area contributed by atoms with Crippen molar-refractivity contribution in [1.82, 2.24) is 10.2 Å². The Morgan fingerprint density at radius 1 is 1.16 bits per heavy atom. The SMILES string of the molecule is CCC(C)(CNC(C)(C)C)CN1CCC(C)CC1C. The summed E-state index contributed by atoms with van der Waals surface area (Å²) in [5, 5.41) is 3.70. The summed E-state index contributed by atoms with van der Waals surface area (Å²) in [7, 11) is 0. The van der Waals surface area contributed by atoms with Crippen LogP contribution in [-0.4, -0.2) is 36.1 Å². The summed E-state index contributed by atoms with van der Waals surface area (Å²) in [5.41, 5.74) is 0.612. The van der Waals surface area contributed by atoms with E-state index in [-0.39, 0.29) is 5.54 Å². The molecule has 3 unspecified atom stereocenters. The smallest absolute Gasteiger partial charge is 0.00967 e. The van der Waals surface area contributed by atoms with Gasteiger partial charge in [0.05, 0.1) is 0 Å². The van der Waals surface area contributed by atoms with Gasteiger partial charge < -0.3 is 10.2 Å². The van der Waals surface area contributed by atoms with Crippen molar-refractivity contribution in [1.29, 1.82) is 0 Å². The van der Waals surface area contributed by atoms with E-state index >= 15 is 0 Å². The normalized spacial score (nSPS) is 29.2. The molecule has 0 amide bonds. The highest BCUT2D eigenvalue weighted by atomic mass is 15.2. The molecule has 1 heterocycles. The average molecular weight is 268 g/mol. The van der Waals surface area contributed by atoms with Gasteiger partial charge in [-0.2, -0.15) is 0 Å². The molecule has 0 aromatic heterocycles. The lowest BCUT2D eigenvalue weighted by Crippen LogP contribution is -2.50. The first kappa shape index (κ1) is 17.0. The lowest BCUT2D eigenvalue weighted by atomic mass is 9.83. The maximum Gasteiger partial charge on any atom is 0.00967 e. The maximum absolute atomic E-state index is 3.70. The average Bonchev–Trinajstić information content (AvgIpc) is 2.30. The van der Waals surface area contributed by atoms with Crippen LogP contribution in [0.15, 0.2) is 0 Å². The first-order valence-corrected chi connectivity index (χ1v) is 8.14. The molecule has 2 nitrogen and oxygen atoms in total. The van der Waals surface area contributed by atoms with E-state index in [4.69, 9.17) is 0 Å². The summed E-state index contributed by atoms with van der Waals surface area (Å²) in [4.78, 5) is 2.72. The van der Waals surface area contributed by atoms with Crippen LogP contribution in [0.2, 0.25) is 0 Å². The highest BCUT2D eigenvalue weighted by Crippen LogP contribution is 2.28. The Labute approximate surface area is 121 Å². The molecule has 1 saturated heterocycles. The number of hydrogen-bond donors (Lipinski definition) is 1. The Morgan fingerprint density at radius 2 is 1.79 bits per heavy atom. The van der Waals surface area contributed by atoms with Gasteiger partial charge in [0, 0.05) is 24.7 Å². The fraction of sp³-hybridized carbons (Fsp3) is 1.00. The van der Waals surface area contributed by atoms with Crippen LogP contribution in [0.4, 0.5) is 0 Å². The fourth-order valence-corrected chi connectivity index (χ4v) is 2.95. The largest absolute Gasteiger partial charge is 0.311 e. The van der Waals surface area contributed by atoms with Crippen molar-refractivity contribution >= 4 is 0 Å². The van der Waals surface area contributed by atoms with Gasteiger partial charge in [0.15, 0.2) is 0 Å². The van der Waals surface area contributed by atoms with Crippen molar-refractivity contribution in [2.45, 2.75) is 79.3 Å². The van der Waals surface area contributed by atoms with Crippen LogP contribution < -0.4 is 5.32 Å². The summed E-state index contributed by atoms with van der Waals surface area (Å²) < 4.78 is 0. The van der Waals surface area contributed by atoms with Crippen LogP contribution in [0, 0.1) is 11.3 Å². The third-order valence-corrected chi connectivity index (χ3v) is 4.76. The molecular weight excluding hydrogens is 232 g/mol. The van der Waals surface area contributed by atoms with Crippen molar-refractivity contribution < 1.29 is 0 Å². The van der Waals surface area contributed by atoms with Crippen molar-refractivity contribution in [2.24, 2.45) is 11.3 Å². The van der Waals surface area contributed by atoms with Crippen LogP contribution in [0.25, 0.3) is 0 Å². The molecular formula is C17H36N2. The van der Waals surface area contributed by atoms with Crippen LogP contribution >= 0.6 is 0 Å². The van der Waals surface area contributed by atoms with Gasteiger partial charge >= 0.3 is 0 Å². The second-order valence-corrected chi connectivity index (χ2v) is 8.22. The summed E-state index contributed by atoms with van der Waals surface area (Å²) in [6, 6.07) is 0.754.